The van der Waals surface area contributed by atoms with E-state index in [1.807, 2.05) is 60.7 Å². The predicted octanol–water partition coefficient (Wildman–Crippen LogP) is 3.82. The van der Waals surface area contributed by atoms with Crippen molar-refractivity contribution in [3.63, 3.8) is 0 Å². The van der Waals surface area contributed by atoms with Crippen molar-refractivity contribution >= 4 is 27.3 Å². The van der Waals surface area contributed by atoms with Gasteiger partial charge >= 0.3 is 0 Å². The van der Waals surface area contributed by atoms with Crippen LogP contribution in [0.1, 0.15) is 16.5 Å². The summed E-state index contributed by atoms with van der Waals surface area (Å²) in [7, 11) is -3.80. The van der Waals surface area contributed by atoms with Crippen LogP contribution in [0.5, 0.6) is 0 Å². The molecule has 0 aliphatic carbocycles. The third kappa shape index (κ3) is 6.02. The van der Waals surface area contributed by atoms with E-state index >= 15 is 0 Å². The van der Waals surface area contributed by atoms with Crippen molar-refractivity contribution in [3.8, 4) is 21.8 Å². The second kappa shape index (κ2) is 11.1. The van der Waals surface area contributed by atoms with E-state index in [4.69, 9.17) is 5.14 Å². The Bertz CT molecular complexity index is 1630. The fourth-order valence-electron chi connectivity index (χ4n) is 3.93. The molecule has 9 nitrogen and oxygen atoms in total. The quantitative estimate of drug-likeness (QED) is 0.290. The standard InChI is InChI=1S/C27H24N6O3S2/c28-38(35,36)22-12-9-20(10-13-22)24-18-33(32-31-24)25(16-19-6-2-1-3-7-19)27(34)30-17-21-11-14-26(37-21)23-8-4-5-15-29-23/h1-15,18,25H,16-17H2,(H,30,34)(H2,28,35,36)/t25-/m0/s1. The summed E-state index contributed by atoms with van der Waals surface area (Å²) in [6, 6.07) is 24.9. The number of carbonyl (C=O) groups excluding carboxylic acids is 1. The first kappa shape index (κ1) is 25.5. The SMILES string of the molecule is NS(=O)(=O)c1ccc(-c2cn([C@@H](Cc3ccccc3)C(=O)NCc3ccc(-c4ccccn4)s3)nn2)cc1. The second-order valence-corrected chi connectivity index (χ2v) is 11.3. The van der Waals surface area contributed by atoms with Crippen molar-refractivity contribution in [1.82, 2.24) is 25.3 Å². The van der Waals surface area contributed by atoms with Gasteiger partial charge in [-0.1, -0.05) is 53.7 Å². The number of nitrogens with two attached hydrogens (primary N) is 1. The summed E-state index contributed by atoms with van der Waals surface area (Å²) >= 11 is 1.58. The van der Waals surface area contributed by atoms with E-state index in [2.05, 4.69) is 20.6 Å². The highest BCUT2D eigenvalue weighted by molar-refractivity contribution is 7.89. The number of thiophene rings is 1. The lowest BCUT2D eigenvalue weighted by atomic mass is 10.1. The highest BCUT2D eigenvalue weighted by Crippen LogP contribution is 2.27. The van der Waals surface area contributed by atoms with Crippen molar-refractivity contribution in [1.29, 1.82) is 0 Å². The van der Waals surface area contributed by atoms with E-state index in [9.17, 15) is 13.2 Å². The molecule has 192 valence electrons. The van der Waals surface area contributed by atoms with Crippen LogP contribution in [-0.4, -0.2) is 34.3 Å². The average molecular weight is 545 g/mol. The zero-order chi connectivity index (χ0) is 26.5. The van der Waals surface area contributed by atoms with Gasteiger partial charge in [-0.3, -0.25) is 9.78 Å². The molecule has 38 heavy (non-hydrogen) atoms. The summed E-state index contributed by atoms with van der Waals surface area (Å²) in [6.45, 7) is 0.373. The molecule has 0 saturated carbocycles. The maximum atomic E-state index is 13.4. The van der Waals surface area contributed by atoms with Gasteiger partial charge in [-0.15, -0.1) is 16.4 Å². The average Bonchev–Trinajstić information content (AvgIpc) is 3.62. The fraction of sp³-hybridized carbons (Fsp3) is 0.111. The molecule has 0 spiro atoms. The molecular formula is C27H24N6O3S2. The molecule has 0 unspecified atom stereocenters. The monoisotopic (exact) mass is 544 g/mol. The van der Waals surface area contributed by atoms with Gasteiger partial charge in [0, 0.05) is 23.1 Å². The number of hydrogen-bond acceptors (Lipinski definition) is 7. The lowest BCUT2D eigenvalue weighted by molar-refractivity contribution is -0.124. The van der Waals surface area contributed by atoms with Crippen LogP contribution in [0.3, 0.4) is 0 Å². The zero-order valence-electron chi connectivity index (χ0n) is 20.1. The third-order valence-corrected chi connectivity index (χ3v) is 7.94. The van der Waals surface area contributed by atoms with Gasteiger partial charge in [-0.25, -0.2) is 18.2 Å². The largest absolute Gasteiger partial charge is 0.349 e. The van der Waals surface area contributed by atoms with Crippen molar-refractivity contribution < 1.29 is 13.2 Å². The van der Waals surface area contributed by atoms with Gasteiger partial charge in [0.2, 0.25) is 15.9 Å². The van der Waals surface area contributed by atoms with Crippen LogP contribution >= 0.6 is 11.3 Å². The van der Waals surface area contributed by atoms with Crippen LogP contribution in [0.25, 0.3) is 21.8 Å². The number of nitrogens with zero attached hydrogens (tertiary/aromatic N) is 4. The minimum atomic E-state index is -3.80. The topological polar surface area (TPSA) is 133 Å². The number of primary sulfonamides is 1. The number of aromatic nitrogens is 4. The molecule has 3 N–H and O–H groups in total. The molecule has 11 heteroatoms. The van der Waals surface area contributed by atoms with Crippen LogP contribution < -0.4 is 10.5 Å². The van der Waals surface area contributed by atoms with Gasteiger partial charge in [0.15, 0.2) is 0 Å². The summed E-state index contributed by atoms with van der Waals surface area (Å²) in [5, 5.41) is 16.7. The minimum Gasteiger partial charge on any atom is -0.349 e. The Morgan fingerprint density at radius 1 is 0.947 bits per heavy atom. The number of pyridine rings is 1. The third-order valence-electron chi connectivity index (χ3n) is 5.90. The molecule has 5 aromatic rings. The van der Waals surface area contributed by atoms with Crippen molar-refractivity contribution in [2.24, 2.45) is 5.14 Å². The van der Waals surface area contributed by atoms with Crippen LogP contribution in [-0.2, 0) is 27.8 Å². The van der Waals surface area contributed by atoms with E-state index < -0.39 is 16.1 Å². The van der Waals surface area contributed by atoms with Gasteiger partial charge < -0.3 is 5.32 Å². The molecule has 1 amide bonds. The molecule has 0 radical (unpaired) electrons. The van der Waals surface area contributed by atoms with Crippen LogP contribution in [0.2, 0.25) is 0 Å². The van der Waals surface area contributed by atoms with Crippen molar-refractivity contribution in [3.05, 3.63) is 108 Å². The number of nitrogens with one attached hydrogen (secondary N) is 1. The number of amides is 1. The molecule has 1 atom stereocenters. The van der Waals surface area contributed by atoms with Gasteiger partial charge in [-0.05, 0) is 42.0 Å². The maximum absolute atomic E-state index is 13.4. The van der Waals surface area contributed by atoms with E-state index in [-0.39, 0.29) is 10.8 Å². The van der Waals surface area contributed by atoms with Crippen LogP contribution in [0.4, 0.5) is 0 Å². The van der Waals surface area contributed by atoms with Crippen molar-refractivity contribution in [2.45, 2.75) is 23.9 Å². The van der Waals surface area contributed by atoms with E-state index in [0.717, 1.165) is 21.0 Å². The smallest absolute Gasteiger partial charge is 0.245 e. The Morgan fingerprint density at radius 2 is 1.71 bits per heavy atom. The van der Waals surface area contributed by atoms with Crippen LogP contribution in [0.15, 0.2) is 102 Å². The summed E-state index contributed by atoms with van der Waals surface area (Å²) in [5.41, 5.74) is 3.04. The molecule has 0 bridgehead atoms. The Morgan fingerprint density at radius 3 is 2.42 bits per heavy atom. The Hall–Kier alpha value is -4.19. The Kier molecular flexibility index (Phi) is 7.40. The molecule has 2 aromatic carbocycles. The van der Waals surface area contributed by atoms with Gasteiger partial charge in [-0.2, -0.15) is 0 Å². The highest BCUT2D eigenvalue weighted by atomic mass is 32.2. The number of carbonyl (C=O) groups is 1. The first-order chi connectivity index (χ1) is 18.4. The van der Waals surface area contributed by atoms with E-state index in [0.29, 0.717) is 24.2 Å². The Balaban J connectivity index is 1.35. The molecular weight excluding hydrogens is 520 g/mol. The van der Waals surface area contributed by atoms with Gasteiger partial charge in [0.1, 0.15) is 11.7 Å². The molecule has 0 aliphatic rings. The number of hydrogen-bond donors (Lipinski definition) is 2. The summed E-state index contributed by atoms with van der Waals surface area (Å²) in [5.74, 6) is -0.192. The number of benzene rings is 2. The number of rotatable bonds is 9. The van der Waals surface area contributed by atoms with Crippen molar-refractivity contribution in [2.75, 3.05) is 0 Å². The van der Waals surface area contributed by atoms with Gasteiger partial charge in [0.05, 0.1) is 28.2 Å². The fourth-order valence-corrected chi connectivity index (χ4v) is 5.37. The summed E-state index contributed by atoms with van der Waals surface area (Å²) < 4.78 is 24.7. The molecule has 0 saturated heterocycles. The first-order valence-corrected chi connectivity index (χ1v) is 14.1. The number of sulfonamides is 1. The highest BCUT2D eigenvalue weighted by Gasteiger charge is 2.23. The van der Waals surface area contributed by atoms with Gasteiger partial charge in [0.25, 0.3) is 0 Å². The predicted molar refractivity (Wildman–Crippen MR) is 145 cm³/mol. The zero-order valence-corrected chi connectivity index (χ0v) is 21.8. The molecule has 0 fully saturated rings. The lowest BCUT2D eigenvalue weighted by Gasteiger charge is -2.17. The van der Waals surface area contributed by atoms with E-state index in [1.54, 1.807) is 40.5 Å². The first-order valence-electron chi connectivity index (χ1n) is 11.7. The normalized spacial score (nSPS) is 12.2. The molecule has 3 aromatic heterocycles. The Labute approximate surface area is 224 Å². The summed E-state index contributed by atoms with van der Waals surface area (Å²) in [4.78, 5) is 19.8. The molecule has 5 rings (SSSR count). The molecule has 3 heterocycles. The minimum absolute atomic E-state index is 0.00903. The van der Waals surface area contributed by atoms with Crippen LogP contribution in [0, 0.1) is 0 Å². The lowest BCUT2D eigenvalue weighted by Crippen LogP contribution is -2.33. The summed E-state index contributed by atoms with van der Waals surface area (Å²) in [6.07, 6.45) is 3.86. The maximum Gasteiger partial charge on any atom is 0.245 e. The van der Waals surface area contributed by atoms with E-state index in [1.165, 1.54) is 12.1 Å². The molecule has 0 aliphatic heterocycles. The second-order valence-electron chi connectivity index (χ2n) is 8.56.